The molecule has 4 nitrogen and oxygen atoms in total. The van der Waals surface area contributed by atoms with Gasteiger partial charge in [-0.2, -0.15) is 0 Å². The topological polar surface area (TPSA) is 51.4 Å². The molecule has 2 atom stereocenters. The van der Waals surface area contributed by atoms with Crippen molar-refractivity contribution in [2.24, 2.45) is 5.73 Å². The molecule has 2 unspecified atom stereocenters. The molecule has 2 aliphatic rings. The minimum atomic E-state index is 0.401. The molecule has 2 fully saturated rings. The fraction of sp³-hybridized carbons (Fsp3) is 0.643. The average molecular weight is 247 g/mol. The second kappa shape index (κ2) is 5.24. The minimum absolute atomic E-state index is 0.401. The van der Waals surface area contributed by atoms with Gasteiger partial charge < -0.3 is 15.4 Å². The van der Waals surface area contributed by atoms with E-state index in [1.807, 2.05) is 18.5 Å². The summed E-state index contributed by atoms with van der Waals surface area (Å²) < 4.78 is 5.91. The van der Waals surface area contributed by atoms with Crippen LogP contribution in [0.2, 0.25) is 0 Å². The van der Waals surface area contributed by atoms with Crippen LogP contribution in [-0.2, 0) is 11.3 Å². The van der Waals surface area contributed by atoms with E-state index in [0.29, 0.717) is 18.7 Å². The van der Waals surface area contributed by atoms with Crippen molar-refractivity contribution in [1.82, 2.24) is 4.98 Å². The van der Waals surface area contributed by atoms with Crippen LogP contribution in [0.3, 0.4) is 0 Å². The zero-order valence-corrected chi connectivity index (χ0v) is 10.7. The van der Waals surface area contributed by atoms with E-state index in [1.54, 1.807) is 0 Å². The van der Waals surface area contributed by atoms with Gasteiger partial charge in [-0.1, -0.05) is 12.8 Å². The van der Waals surface area contributed by atoms with E-state index in [4.69, 9.17) is 10.5 Å². The fourth-order valence-corrected chi connectivity index (χ4v) is 3.24. The number of ether oxygens (including phenoxy) is 1. The quantitative estimate of drug-likeness (QED) is 0.864. The number of hydrogen-bond acceptors (Lipinski definition) is 4. The molecule has 4 heteroatoms. The van der Waals surface area contributed by atoms with E-state index < -0.39 is 0 Å². The number of fused-ring (bicyclic) bond motifs is 1. The zero-order chi connectivity index (χ0) is 12.4. The number of aromatic nitrogens is 1. The Morgan fingerprint density at radius 1 is 1.39 bits per heavy atom. The molecule has 18 heavy (non-hydrogen) atoms. The summed E-state index contributed by atoms with van der Waals surface area (Å²) in [5.41, 5.74) is 8.24. The Morgan fingerprint density at radius 3 is 3.17 bits per heavy atom. The number of anilines is 1. The highest BCUT2D eigenvalue weighted by molar-refractivity contribution is 5.53. The molecule has 1 saturated heterocycles. The molecule has 1 aromatic heterocycles. The minimum Gasteiger partial charge on any atom is -0.374 e. The van der Waals surface area contributed by atoms with Crippen molar-refractivity contribution >= 4 is 5.69 Å². The highest BCUT2D eigenvalue weighted by Gasteiger charge is 2.34. The molecule has 0 amide bonds. The van der Waals surface area contributed by atoms with Crippen molar-refractivity contribution in [3.63, 3.8) is 0 Å². The fourth-order valence-electron chi connectivity index (χ4n) is 3.24. The molecule has 1 aliphatic heterocycles. The third kappa shape index (κ3) is 2.10. The number of pyridine rings is 1. The van der Waals surface area contributed by atoms with Gasteiger partial charge in [0.1, 0.15) is 0 Å². The first-order valence-corrected chi connectivity index (χ1v) is 6.91. The van der Waals surface area contributed by atoms with Gasteiger partial charge in [-0.15, -0.1) is 0 Å². The second-order valence-corrected chi connectivity index (χ2v) is 5.16. The van der Waals surface area contributed by atoms with Gasteiger partial charge in [-0.3, -0.25) is 4.98 Å². The van der Waals surface area contributed by atoms with E-state index in [0.717, 1.165) is 13.2 Å². The monoisotopic (exact) mass is 247 g/mol. The maximum atomic E-state index is 5.91. The summed E-state index contributed by atoms with van der Waals surface area (Å²) in [5.74, 6) is 0. The second-order valence-electron chi connectivity index (χ2n) is 5.16. The summed E-state index contributed by atoms with van der Waals surface area (Å²) in [6.45, 7) is 2.35. The molecule has 2 heterocycles. The van der Waals surface area contributed by atoms with Crippen molar-refractivity contribution in [2.75, 3.05) is 18.1 Å². The van der Waals surface area contributed by atoms with E-state index in [1.165, 1.54) is 36.9 Å². The molecule has 0 spiro atoms. The first-order chi connectivity index (χ1) is 8.90. The Bertz CT molecular complexity index is 408. The largest absolute Gasteiger partial charge is 0.374 e. The lowest BCUT2D eigenvalue weighted by Gasteiger charge is -2.45. The number of nitrogens with two attached hydrogens (primary N) is 1. The molecule has 98 valence electrons. The van der Waals surface area contributed by atoms with Crippen molar-refractivity contribution in [1.29, 1.82) is 0 Å². The molecular formula is C14H21N3O. The van der Waals surface area contributed by atoms with E-state index >= 15 is 0 Å². The van der Waals surface area contributed by atoms with E-state index in [9.17, 15) is 0 Å². The van der Waals surface area contributed by atoms with Crippen LogP contribution in [0.15, 0.2) is 18.5 Å². The van der Waals surface area contributed by atoms with Crippen LogP contribution >= 0.6 is 0 Å². The number of nitrogens with zero attached hydrogens (tertiary/aromatic N) is 2. The van der Waals surface area contributed by atoms with E-state index in [2.05, 4.69) is 9.88 Å². The van der Waals surface area contributed by atoms with Gasteiger partial charge in [0.25, 0.3) is 0 Å². The van der Waals surface area contributed by atoms with Crippen molar-refractivity contribution in [2.45, 2.75) is 44.4 Å². The van der Waals surface area contributed by atoms with Gasteiger partial charge in [-0.05, 0) is 24.5 Å². The third-order valence-electron chi connectivity index (χ3n) is 4.15. The first kappa shape index (κ1) is 11.9. The highest BCUT2D eigenvalue weighted by Crippen LogP contribution is 2.33. The zero-order valence-electron chi connectivity index (χ0n) is 10.7. The smallest absolute Gasteiger partial charge is 0.0779 e. The van der Waals surface area contributed by atoms with Crippen molar-refractivity contribution in [3.8, 4) is 0 Å². The van der Waals surface area contributed by atoms with Crippen LogP contribution in [0.5, 0.6) is 0 Å². The predicted molar refractivity (Wildman–Crippen MR) is 71.5 cm³/mol. The molecular weight excluding hydrogens is 226 g/mol. The lowest BCUT2D eigenvalue weighted by atomic mass is 9.89. The summed E-state index contributed by atoms with van der Waals surface area (Å²) in [6, 6.07) is 2.55. The number of hydrogen-bond donors (Lipinski definition) is 1. The average Bonchev–Trinajstić information content (AvgIpc) is 2.46. The molecule has 0 bridgehead atoms. The van der Waals surface area contributed by atoms with Crippen LogP contribution in [0.1, 0.15) is 31.2 Å². The number of morpholine rings is 1. The first-order valence-electron chi connectivity index (χ1n) is 6.91. The summed E-state index contributed by atoms with van der Waals surface area (Å²) in [6.07, 6.45) is 9.20. The van der Waals surface area contributed by atoms with Gasteiger partial charge >= 0.3 is 0 Å². The third-order valence-corrected chi connectivity index (χ3v) is 4.15. The Labute approximate surface area is 108 Å². The van der Waals surface area contributed by atoms with Gasteiger partial charge in [0.15, 0.2) is 0 Å². The van der Waals surface area contributed by atoms with Gasteiger partial charge in [0.2, 0.25) is 0 Å². The highest BCUT2D eigenvalue weighted by atomic mass is 16.5. The van der Waals surface area contributed by atoms with Crippen LogP contribution in [-0.4, -0.2) is 30.3 Å². The van der Waals surface area contributed by atoms with Crippen LogP contribution < -0.4 is 10.6 Å². The predicted octanol–water partition coefficient (Wildman–Crippen LogP) is 1.69. The Morgan fingerprint density at radius 2 is 2.28 bits per heavy atom. The van der Waals surface area contributed by atoms with Crippen molar-refractivity contribution in [3.05, 3.63) is 24.0 Å². The normalized spacial score (nSPS) is 27.9. The van der Waals surface area contributed by atoms with Crippen LogP contribution in [0, 0.1) is 0 Å². The molecule has 1 saturated carbocycles. The molecule has 1 aliphatic carbocycles. The SMILES string of the molecule is NCc1ccncc1N1CCOC2CCCCC21. The molecule has 0 aromatic carbocycles. The Balaban J connectivity index is 1.89. The van der Waals surface area contributed by atoms with Crippen LogP contribution in [0.4, 0.5) is 5.69 Å². The molecule has 0 radical (unpaired) electrons. The van der Waals surface area contributed by atoms with Gasteiger partial charge in [0.05, 0.1) is 30.6 Å². The number of rotatable bonds is 2. The summed E-state index contributed by atoms with van der Waals surface area (Å²) in [5, 5.41) is 0. The standard InChI is InChI=1S/C14H21N3O/c15-9-11-5-6-16-10-13(11)17-7-8-18-14-4-2-1-3-12(14)17/h5-6,10,12,14H,1-4,7-9,15H2. The lowest BCUT2D eigenvalue weighted by Crippen LogP contribution is -2.53. The molecule has 1 aromatic rings. The summed E-state index contributed by atoms with van der Waals surface area (Å²) in [7, 11) is 0. The lowest BCUT2D eigenvalue weighted by molar-refractivity contribution is -0.00875. The van der Waals surface area contributed by atoms with E-state index in [-0.39, 0.29) is 0 Å². The van der Waals surface area contributed by atoms with Gasteiger partial charge in [0, 0.05) is 19.3 Å². The summed E-state index contributed by atoms with van der Waals surface area (Å²) in [4.78, 5) is 6.74. The van der Waals surface area contributed by atoms with Crippen LogP contribution in [0.25, 0.3) is 0 Å². The summed E-state index contributed by atoms with van der Waals surface area (Å²) >= 11 is 0. The maximum absolute atomic E-state index is 5.91. The Hall–Kier alpha value is -1.13. The molecule has 3 rings (SSSR count). The molecule has 2 N–H and O–H groups in total. The van der Waals surface area contributed by atoms with Gasteiger partial charge in [-0.25, -0.2) is 0 Å². The maximum Gasteiger partial charge on any atom is 0.0779 e. The Kier molecular flexibility index (Phi) is 3.48. The van der Waals surface area contributed by atoms with Crippen molar-refractivity contribution < 1.29 is 4.74 Å².